The van der Waals surface area contributed by atoms with E-state index in [-0.39, 0.29) is 11.9 Å². The fourth-order valence-corrected chi connectivity index (χ4v) is 4.38. The zero-order chi connectivity index (χ0) is 16.4. The quantitative estimate of drug-likeness (QED) is 0.747. The summed E-state index contributed by atoms with van der Waals surface area (Å²) in [5.41, 5.74) is 2.37. The summed E-state index contributed by atoms with van der Waals surface area (Å²) >= 11 is 1.64. The molecule has 1 amide bonds. The number of aryl methyl sites for hydroxylation is 2. The van der Waals surface area contributed by atoms with E-state index in [9.17, 15) is 4.79 Å². The van der Waals surface area contributed by atoms with E-state index in [1.807, 2.05) is 42.5 Å². The zero-order valence-corrected chi connectivity index (χ0v) is 14.1. The summed E-state index contributed by atoms with van der Waals surface area (Å²) in [6.07, 6.45) is 6.30. The predicted molar refractivity (Wildman–Crippen MR) is 95.4 cm³/mol. The number of hydrogen-bond donors (Lipinski definition) is 1. The normalized spacial score (nSPS) is 14.8. The number of hydrogen-bond acceptors (Lipinski definition) is 3. The molecule has 2 heterocycles. The Labute approximate surface area is 145 Å². The maximum atomic E-state index is 12.8. The number of nitrogens with one attached hydrogen (secondary N) is 1. The molecule has 0 saturated heterocycles. The van der Waals surface area contributed by atoms with Crippen molar-refractivity contribution in [2.45, 2.75) is 31.7 Å². The van der Waals surface area contributed by atoms with Crippen LogP contribution in [0.2, 0.25) is 0 Å². The van der Waals surface area contributed by atoms with Gasteiger partial charge >= 0.3 is 0 Å². The van der Waals surface area contributed by atoms with Crippen LogP contribution in [0.3, 0.4) is 0 Å². The van der Waals surface area contributed by atoms with Crippen molar-refractivity contribution < 1.29 is 9.21 Å². The number of rotatable bonds is 4. The van der Waals surface area contributed by atoms with Crippen molar-refractivity contribution in [1.82, 2.24) is 5.32 Å². The van der Waals surface area contributed by atoms with Gasteiger partial charge in [-0.3, -0.25) is 4.79 Å². The van der Waals surface area contributed by atoms with Crippen molar-refractivity contribution in [3.05, 3.63) is 81.4 Å². The average molecular weight is 337 g/mol. The standard InChI is InChI=1S/C20H19NO2S/c22-20(18-13-15-9-4-5-11-17(15)24-18)21-19(16-10-6-12-23-16)14-7-2-1-3-8-14/h1-3,6-8,10,12-13,19H,4-5,9,11H2,(H,21,22)/t19-/m1/s1. The third kappa shape index (κ3) is 3.02. The van der Waals surface area contributed by atoms with Crippen LogP contribution >= 0.6 is 11.3 Å². The summed E-state index contributed by atoms with van der Waals surface area (Å²) in [5, 5.41) is 3.14. The molecule has 122 valence electrons. The highest BCUT2D eigenvalue weighted by Crippen LogP contribution is 2.30. The minimum Gasteiger partial charge on any atom is -0.467 e. The highest BCUT2D eigenvalue weighted by Gasteiger charge is 2.22. The fraction of sp³-hybridized carbons (Fsp3) is 0.250. The number of furan rings is 1. The predicted octanol–water partition coefficient (Wildman–Crippen LogP) is 4.74. The molecule has 1 N–H and O–H groups in total. The molecule has 1 atom stereocenters. The van der Waals surface area contributed by atoms with Crippen LogP contribution in [0.5, 0.6) is 0 Å². The van der Waals surface area contributed by atoms with Gasteiger partial charge in [-0.05, 0) is 55.0 Å². The van der Waals surface area contributed by atoms with Gasteiger partial charge in [-0.15, -0.1) is 11.3 Å². The number of amides is 1. The lowest BCUT2D eigenvalue weighted by Crippen LogP contribution is -2.28. The first-order valence-electron chi connectivity index (χ1n) is 8.32. The van der Waals surface area contributed by atoms with Gasteiger partial charge in [0.25, 0.3) is 5.91 Å². The van der Waals surface area contributed by atoms with Gasteiger partial charge in [0, 0.05) is 4.88 Å². The molecule has 1 aliphatic rings. The topological polar surface area (TPSA) is 42.2 Å². The molecule has 4 rings (SSSR count). The van der Waals surface area contributed by atoms with Crippen LogP contribution in [0, 0.1) is 0 Å². The summed E-state index contributed by atoms with van der Waals surface area (Å²) < 4.78 is 5.56. The lowest BCUT2D eigenvalue weighted by molar-refractivity contribution is 0.0943. The Hall–Kier alpha value is -2.33. The van der Waals surface area contributed by atoms with Gasteiger partial charge in [-0.2, -0.15) is 0 Å². The number of fused-ring (bicyclic) bond motifs is 1. The van der Waals surface area contributed by atoms with E-state index in [1.165, 1.54) is 23.3 Å². The number of carbonyl (C=O) groups excluding carboxylic acids is 1. The number of carbonyl (C=O) groups is 1. The Balaban J connectivity index is 1.60. The molecule has 3 aromatic rings. The van der Waals surface area contributed by atoms with Crippen LogP contribution in [0.15, 0.2) is 59.2 Å². The van der Waals surface area contributed by atoms with Crippen LogP contribution in [0.4, 0.5) is 0 Å². The molecule has 0 radical (unpaired) electrons. The lowest BCUT2D eigenvalue weighted by atomic mass is 9.99. The van der Waals surface area contributed by atoms with Crippen LogP contribution in [0.25, 0.3) is 0 Å². The molecule has 0 bridgehead atoms. The fourth-order valence-electron chi connectivity index (χ4n) is 3.22. The minimum atomic E-state index is -0.271. The van der Waals surface area contributed by atoms with Crippen LogP contribution in [0.1, 0.15) is 50.3 Å². The van der Waals surface area contributed by atoms with E-state index in [1.54, 1.807) is 17.6 Å². The Morgan fingerprint density at radius 3 is 2.67 bits per heavy atom. The first kappa shape index (κ1) is 15.2. The smallest absolute Gasteiger partial charge is 0.262 e. The molecule has 3 nitrogen and oxygen atoms in total. The van der Waals surface area contributed by atoms with Gasteiger partial charge in [0.2, 0.25) is 0 Å². The van der Waals surface area contributed by atoms with Crippen molar-refractivity contribution in [1.29, 1.82) is 0 Å². The largest absolute Gasteiger partial charge is 0.467 e. The van der Waals surface area contributed by atoms with Crippen molar-refractivity contribution in [2.75, 3.05) is 0 Å². The summed E-state index contributed by atoms with van der Waals surface area (Å²) in [5.74, 6) is 0.718. The molecule has 0 unspecified atom stereocenters. The Morgan fingerprint density at radius 2 is 1.92 bits per heavy atom. The van der Waals surface area contributed by atoms with Crippen molar-refractivity contribution in [3.8, 4) is 0 Å². The number of benzene rings is 1. The third-order valence-corrected chi connectivity index (χ3v) is 5.69. The Kier molecular flexibility index (Phi) is 4.22. The summed E-state index contributed by atoms with van der Waals surface area (Å²) in [7, 11) is 0. The molecule has 24 heavy (non-hydrogen) atoms. The summed E-state index contributed by atoms with van der Waals surface area (Å²) in [4.78, 5) is 15.0. The second kappa shape index (κ2) is 6.65. The maximum Gasteiger partial charge on any atom is 0.262 e. The second-order valence-electron chi connectivity index (χ2n) is 6.10. The summed E-state index contributed by atoms with van der Waals surface area (Å²) in [6.45, 7) is 0. The average Bonchev–Trinajstić information content (AvgIpc) is 3.29. The van der Waals surface area contributed by atoms with Gasteiger partial charge in [0.1, 0.15) is 11.8 Å². The van der Waals surface area contributed by atoms with Gasteiger partial charge in [0.05, 0.1) is 11.1 Å². The third-order valence-electron chi connectivity index (χ3n) is 4.46. The van der Waals surface area contributed by atoms with Gasteiger partial charge in [-0.25, -0.2) is 0 Å². The second-order valence-corrected chi connectivity index (χ2v) is 7.24. The van der Waals surface area contributed by atoms with Gasteiger partial charge in [0.15, 0.2) is 0 Å². The molecule has 0 fully saturated rings. The van der Waals surface area contributed by atoms with E-state index in [2.05, 4.69) is 11.4 Å². The summed E-state index contributed by atoms with van der Waals surface area (Å²) in [6, 6.07) is 15.5. The van der Waals surface area contributed by atoms with E-state index >= 15 is 0 Å². The molecule has 0 saturated carbocycles. The Bertz CT molecular complexity index is 797. The van der Waals surface area contributed by atoms with Crippen molar-refractivity contribution in [3.63, 3.8) is 0 Å². The number of thiophene rings is 1. The monoisotopic (exact) mass is 337 g/mol. The molecule has 1 aromatic carbocycles. The van der Waals surface area contributed by atoms with Crippen molar-refractivity contribution in [2.24, 2.45) is 0 Å². The molecule has 0 aliphatic heterocycles. The lowest BCUT2D eigenvalue weighted by Gasteiger charge is -2.16. The highest BCUT2D eigenvalue weighted by molar-refractivity contribution is 7.14. The SMILES string of the molecule is O=C(N[C@H](c1ccccc1)c1ccco1)c1cc2c(s1)CCCC2. The first-order valence-corrected chi connectivity index (χ1v) is 9.14. The molecule has 1 aliphatic carbocycles. The van der Waals surface area contributed by atoms with E-state index in [0.29, 0.717) is 0 Å². The van der Waals surface area contributed by atoms with Crippen LogP contribution in [-0.2, 0) is 12.8 Å². The molecule has 2 aromatic heterocycles. The van der Waals surface area contributed by atoms with Gasteiger partial charge < -0.3 is 9.73 Å². The molecule has 0 spiro atoms. The first-order chi connectivity index (χ1) is 11.8. The zero-order valence-electron chi connectivity index (χ0n) is 13.3. The molecule has 4 heteroatoms. The Morgan fingerprint density at radius 1 is 1.08 bits per heavy atom. The van der Waals surface area contributed by atoms with E-state index in [0.717, 1.165) is 29.0 Å². The maximum absolute atomic E-state index is 12.8. The minimum absolute atomic E-state index is 0.0281. The van der Waals surface area contributed by atoms with Crippen LogP contribution < -0.4 is 5.32 Å². The highest BCUT2D eigenvalue weighted by atomic mass is 32.1. The molecular formula is C20H19NO2S. The van der Waals surface area contributed by atoms with Crippen molar-refractivity contribution >= 4 is 17.2 Å². The molecular weight excluding hydrogens is 318 g/mol. The van der Waals surface area contributed by atoms with Gasteiger partial charge in [-0.1, -0.05) is 30.3 Å². The van der Waals surface area contributed by atoms with E-state index < -0.39 is 0 Å². The van der Waals surface area contributed by atoms with E-state index in [4.69, 9.17) is 4.42 Å². The van der Waals surface area contributed by atoms with Crippen LogP contribution in [-0.4, -0.2) is 5.91 Å².